The third kappa shape index (κ3) is 6.05. The van der Waals surface area contributed by atoms with Crippen LogP contribution >= 0.6 is 0 Å². The van der Waals surface area contributed by atoms with Gasteiger partial charge in [-0.2, -0.15) is 0 Å². The van der Waals surface area contributed by atoms with Crippen LogP contribution in [0.4, 0.5) is 11.4 Å². The van der Waals surface area contributed by atoms with Gasteiger partial charge in [-0.25, -0.2) is 21.6 Å². The Bertz CT molecular complexity index is 1190. The maximum Gasteiger partial charge on any atom is 0.240 e. The summed E-state index contributed by atoms with van der Waals surface area (Å²) in [5.74, 6) is -0.307. The molecule has 0 unspecified atom stereocenters. The van der Waals surface area contributed by atoms with Crippen LogP contribution in [0.3, 0.4) is 0 Å². The smallest absolute Gasteiger partial charge is 0.240 e. The van der Waals surface area contributed by atoms with Crippen molar-refractivity contribution in [1.82, 2.24) is 4.72 Å². The number of para-hydroxylation sites is 1. The highest BCUT2D eigenvalue weighted by molar-refractivity contribution is 7.92. The van der Waals surface area contributed by atoms with E-state index in [1.54, 1.807) is 19.9 Å². The van der Waals surface area contributed by atoms with E-state index in [-0.39, 0.29) is 29.5 Å². The minimum Gasteiger partial charge on any atom is -0.326 e. The second-order valence-electron chi connectivity index (χ2n) is 7.60. The van der Waals surface area contributed by atoms with E-state index < -0.39 is 20.0 Å². The molecule has 2 aromatic rings. The van der Waals surface area contributed by atoms with Gasteiger partial charge in [0.05, 0.1) is 16.8 Å². The van der Waals surface area contributed by atoms with Crippen LogP contribution in [0.5, 0.6) is 0 Å². The summed E-state index contributed by atoms with van der Waals surface area (Å²) in [6.07, 6.45) is 1.00. The number of amides is 1. The fourth-order valence-corrected chi connectivity index (χ4v) is 5.05. The van der Waals surface area contributed by atoms with Crippen LogP contribution in [0.1, 0.15) is 28.7 Å². The number of benzene rings is 2. The highest BCUT2D eigenvalue weighted by Crippen LogP contribution is 2.28. The topological polar surface area (TPSA) is 113 Å². The first-order valence-corrected chi connectivity index (χ1v) is 13.0. The molecule has 8 nitrogen and oxygen atoms in total. The molecule has 10 heteroatoms. The monoisotopic (exact) mass is 467 g/mol. The molecule has 0 spiro atoms. The molecule has 170 valence electrons. The quantitative estimate of drug-likeness (QED) is 0.620. The summed E-state index contributed by atoms with van der Waals surface area (Å²) in [6.45, 7) is 7.03. The summed E-state index contributed by atoms with van der Waals surface area (Å²) < 4.78 is 52.9. The Morgan fingerprint density at radius 2 is 1.52 bits per heavy atom. The molecule has 1 amide bonds. The van der Waals surface area contributed by atoms with E-state index in [1.165, 1.54) is 13.1 Å². The van der Waals surface area contributed by atoms with Crippen molar-refractivity contribution in [3.05, 3.63) is 52.6 Å². The number of nitrogens with zero attached hydrogens (tertiary/aromatic N) is 1. The molecule has 31 heavy (non-hydrogen) atoms. The molecule has 0 aliphatic heterocycles. The van der Waals surface area contributed by atoms with Gasteiger partial charge in [0, 0.05) is 25.7 Å². The molecule has 0 aliphatic rings. The molecule has 0 atom stereocenters. The molecule has 0 aromatic heterocycles. The van der Waals surface area contributed by atoms with E-state index in [0.29, 0.717) is 11.1 Å². The van der Waals surface area contributed by atoms with Crippen LogP contribution in [0.25, 0.3) is 0 Å². The number of nitrogens with one attached hydrogen (secondary N) is 2. The average molecular weight is 468 g/mol. The number of sulfonamides is 2. The normalized spacial score (nSPS) is 11.9. The lowest BCUT2D eigenvalue weighted by Gasteiger charge is -2.21. The van der Waals surface area contributed by atoms with Crippen molar-refractivity contribution >= 4 is 37.3 Å². The van der Waals surface area contributed by atoms with Gasteiger partial charge in [0.15, 0.2) is 0 Å². The van der Waals surface area contributed by atoms with Gasteiger partial charge in [0.2, 0.25) is 26.0 Å². The standard InChI is InChI=1S/C21H29N3O5S2/c1-14-8-7-9-15(2)21(14)23-20(25)10-11-22-31(28,29)19-13-18(16(3)12-17(19)4)24(5)30(6,26)27/h7-9,12-13,22H,10-11H2,1-6H3,(H,23,25). The van der Waals surface area contributed by atoms with Crippen molar-refractivity contribution < 1.29 is 21.6 Å². The van der Waals surface area contributed by atoms with Crippen LogP contribution in [-0.2, 0) is 24.8 Å². The lowest BCUT2D eigenvalue weighted by molar-refractivity contribution is -0.116. The van der Waals surface area contributed by atoms with Gasteiger partial charge in [0.1, 0.15) is 0 Å². The van der Waals surface area contributed by atoms with Crippen LogP contribution in [0.15, 0.2) is 35.2 Å². The second kappa shape index (κ2) is 9.37. The van der Waals surface area contributed by atoms with Crippen LogP contribution in [0.2, 0.25) is 0 Å². The molecule has 2 aromatic carbocycles. The van der Waals surface area contributed by atoms with Crippen molar-refractivity contribution in [2.24, 2.45) is 0 Å². The number of hydrogen-bond donors (Lipinski definition) is 2. The molecule has 0 heterocycles. The highest BCUT2D eigenvalue weighted by atomic mass is 32.2. The summed E-state index contributed by atoms with van der Waals surface area (Å²) in [7, 11) is -6.13. The summed E-state index contributed by atoms with van der Waals surface area (Å²) in [5, 5.41) is 2.82. The maximum absolute atomic E-state index is 12.8. The number of carbonyl (C=O) groups is 1. The van der Waals surface area contributed by atoms with Crippen LogP contribution in [0, 0.1) is 27.7 Å². The zero-order valence-corrected chi connectivity index (χ0v) is 20.2. The van der Waals surface area contributed by atoms with Crippen molar-refractivity contribution in [2.75, 3.05) is 29.5 Å². The molecule has 0 aliphatic carbocycles. The third-order valence-electron chi connectivity index (χ3n) is 5.01. The van der Waals surface area contributed by atoms with E-state index in [2.05, 4.69) is 10.0 Å². The molecular formula is C21H29N3O5S2. The predicted octanol–water partition coefficient (Wildman–Crippen LogP) is 2.62. The highest BCUT2D eigenvalue weighted by Gasteiger charge is 2.22. The molecule has 2 N–H and O–H groups in total. The molecule has 0 saturated heterocycles. The van der Waals surface area contributed by atoms with E-state index in [4.69, 9.17) is 0 Å². The number of hydrogen-bond acceptors (Lipinski definition) is 5. The van der Waals surface area contributed by atoms with Crippen molar-refractivity contribution in [3.8, 4) is 0 Å². The third-order valence-corrected chi connectivity index (χ3v) is 7.80. The lowest BCUT2D eigenvalue weighted by atomic mass is 10.1. The van der Waals surface area contributed by atoms with Gasteiger partial charge in [-0.05, 0) is 56.0 Å². The zero-order valence-electron chi connectivity index (χ0n) is 18.6. The molecule has 2 rings (SSSR count). The number of rotatable bonds is 8. The van der Waals surface area contributed by atoms with Gasteiger partial charge in [0.25, 0.3) is 0 Å². The van der Waals surface area contributed by atoms with Gasteiger partial charge in [-0.3, -0.25) is 9.10 Å². The summed E-state index contributed by atoms with van der Waals surface area (Å²) in [5.41, 5.74) is 3.96. The Labute approximate surface area is 184 Å². The largest absolute Gasteiger partial charge is 0.326 e. The first kappa shape index (κ1) is 24.8. The van der Waals surface area contributed by atoms with Gasteiger partial charge in [-0.1, -0.05) is 24.3 Å². The molecule has 0 saturated carbocycles. The van der Waals surface area contributed by atoms with Crippen molar-refractivity contribution in [2.45, 2.75) is 39.0 Å². The Morgan fingerprint density at radius 3 is 2.06 bits per heavy atom. The fraction of sp³-hybridized carbons (Fsp3) is 0.381. The van der Waals surface area contributed by atoms with Gasteiger partial charge in [-0.15, -0.1) is 0 Å². The first-order chi connectivity index (χ1) is 14.2. The van der Waals surface area contributed by atoms with Crippen molar-refractivity contribution in [1.29, 1.82) is 0 Å². The van der Waals surface area contributed by atoms with E-state index in [9.17, 15) is 21.6 Å². The van der Waals surface area contributed by atoms with E-state index in [1.807, 2.05) is 32.0 Å². The second-order valence-corrected chi connectivity index (χ2v) is 11.3. The zero-order chi connectivity index (χ0) is 23.6. The summed E-state index contributed by atoms with van der Waals surface area (Å²) in [6, 6.07) is 8.63. The lowest BCUT2D eigenvalue weighted by Crippen LogP contribution is -2.30. The average Bonchev–Trinajstić information content (AvgIpc) is 2.63. The number of anilines is 2. The molecule has 0 radical (unpaired) electrons. The van der Waals surface area contributed by atoms with E-state index in [0.717, 1.165) is 27.4 Å². The molecule has 0 fully saturated rings. The number of aryl methyl sites for hydroxylation is 4. The molecule has 0 bridgehead atoms. The SMILES string of the molecule is Cc1cc(C)c(S(=O)(=O)NCCC(=O)Nc2c(C)cccc2C)cc1N(C)S(C)(=O)=O. The minimum absolute atomic E-state index is 0.0289. The first-order valence-electron chi connectivity index (χ1n) is 9.65. The Balaban J connectivity index is 2.15. The Morgan fingerprint density at radius 1 is 0.935 bits per heavy atom. The summed E-state index contributed by atoms with van der Waals surface area (Å²) >= 11 is 0. The Kier molecular flexibility index (Phi) is 7.51. The van der Waals surface area contributed by atoms with Gasteiger partial charge >= 0.3 is 0 Å². The molecular weight excluding hydrogens is 438 g/mol. The Hall–Kier alpha value is -2.43. The van der Waals surface area contributed by atoms with Crippen LogP contribution in [-0.4, -0.2) is 42.6 Å². The number of carbonyl (C=O) groups excluding carboxylic acids is 1. The summed E-state index contributed by atoms with van der Waals surface area (Å²) in [4.78, 5) is 12.3. The predicted molar refractivity (Wildman–Crippen MR) is 124 cm³/mol. The minimum atomic E-state index is -3.95. The maximum atomic E-state index is 12.8. The van der Waals surface area contributed by atoms with Gasteiger partial charge < -0.3 is 5.32 Å². The van der Waals surface area contributed by atoms with Crippen LogP contribution < -0.4 is 14.3 Å². The van der Waals surface area contributed by atoms with Crippen molar-refractivity contribution in [3.63, 3.8) is 0 Å². The van der Waals surface area contributed by atoms with E-state index >= 15 is 0 Å². The fourth-order valence-electron chi connectivity index (χ4n) is 3.22.